The van der Waals surface area contributed by atoms with Gasteiger partial charge in [-0.15, -0.1) is 6.42 Å². The van der Waals surface area contributed by atoms with Gasteiger partial charge in [-0.1, -0.05) is 36.3 Å². The summed E-state index contributed by atoms with van der Waals surface area (Å²) >= 11 is 0. The molecule has 0 radical (unpaired) electrons. The second-order valence-electron chi connectivity index (χ2n) is 2.92. The normalized spacial score (nSPS) is 14.0. The number of carbonyl (C=O) groups is 1. The SMILES string of the molecule is C#C[C@@H](c1ccccc1)[C@H](N)C(=O)O. The van der Waals surface area contributed by atoms with E-state index < -0.39 is 17.9 Å². The van der Waals surface area contributed by atoms with Gasteiger partial charge in [0.05, 0.1) is 5.92 Å². The third kappa shape index (κ3) is 2.12. The summed E-state index contributed by atoms with van der Waals surface area (Å²) in [5.74, 6) is 0.732. The van der Waals surface area contributed by atoms with Gasteiger partial charge in [-0.2, -0.15) is 0 Å². The number of carboxylic acid groups (broad SMARTS) is 1. The van der Waals surface area contributed by atoms with E-state index in [1.807, 2.05) is 6.07 Å². The highest BCUT2D eigenvalue weighted by molar-refractivity contribution is 5.75. The van der Waals surface area contributed by atoms with Gasteiger partial charge in [-0.3, -0.25) is 4.79 Å². The second kappa shape index (κ2) is 4.45. The first kappa shape index (κ1) is 10.3. The maximum atomic E-state index is 10.7. The van der Waals surface area contributed by atoms with E-state index in [2.05, 4.69) is 5.92 Å². The molecule has 0 unspecified atom stereocenters. The van der Waals surface area contributed by atoms with Gasteiger partial charge in [0.1, 0.15) is 6.04 Å². The molecule has 72 valence electrons. The molecule has 1 aromatic carbocycles. The zero-order chi connectivity index (χ0) is 10.6. The van der Waals surface area contributed by atoms with Gasteiger partial charge in [-0.25, -0.2) is 0 Å². The molecule has 0 saturated carbocycles. The Labute approximate surface area is 82.6 Å². The highest BCUT2D eigenvalue weighted by Crippen LogP contribution is 2.17. The number of carboxylic acids is 1. The van der Waals surface area contributed by atoms with Crippen LogP contribution in [0, 0.1) is 12.3 Å². The van der Waals surface area contributed by atoms with Gasteiger partial charge in [0.2, 0.25) is 0 Å². The molecule has 0 fully saturated rings. The van der Waals surface area contributed by atoms with E-state index in [0.29, 0.717) is 0 Å². The lowest BCUT2D eigenvalue weighted by Crippen LogP contribution is -2.35. The van der Waals surface area contributed by atoms with Gasteiger partial charge in [0.25, 0.3) is 0 Å². The third-order valence-electron chi connectivity index (χ3n) is 1.98. The van der Waals surface area contributed by atoms with E-state index >= 15 is 0 Å². The molecule has 0 aliphatic heterocycles. The predicted molar refractivity (Wildman–Crippen MR) is 53.6 cm³/mol. The van der Waals surface area contributed by atoms with Crippen molar-refractivity contribution in [2.24, 2.45) is 5.73 Å². The standard InChI is InChI=1S/C11H11NO2/c1-2-9(10(12)11(13)14)8-6-4-3-5-7-8/h1,3-7,9-10H,12H2,(H,13,14)/t9-,10-/m0/s1. The first-order valence-electron chi connectivity index (χ1n) is 4.16. The summed E-state index contributed by atoms with van der Waals surface area (Å²) in [6.45, 7) is 0. The van der Waals surface area contributed by atoms with E-state index in [1.165, 1.54) is 0 Å². The lowest BCUT2D eigenvalue weighted by atomic mass is 9.93. The Bertz CT molecular complexity index is 353. The summed E-state index contributed by atoms with van der Waals surface area (Å²) in [4.78, 5) is 10.7. The molecule has 0 aliphatic rings. The molecule has 3 N–H and O–H groups in total. The molecule has 2 atom stereocenters. The first-order valence-corrected chi connectivity index (χ1v) is 4.16. The fraction of sp³-hybridized carbons (Fsp3) is 0.182. The summed E-state index contributed by atoms with van der Waals surface area (Å²) < 4.78 is 0. The van der Waals surface area contributed by atoms with Crippen molar-refractivity contribution in [1.29, 1.82) is 0 Å². The summed E-state index contributed by atoms with van der Waals surface area (Å²) in [7, 11) is 0. The molecule has 1 aromatic rings. The van der Waals surface area contributed by atoms with Gasteiger partial charge in [0, 0.05) is 0 Å². The Morgan fingerprint density at radius 2 is 2.00 bits per heavy atom. The van der Waals surface area contributed by atoms with E-state index in [0.717, 1.165) is 5.56 Å². The molecule has 14 heavy (non-hydrogen) atoms. The monoisotopic (exact) mass is 189 g/mol. The maximum Gasteiger partial charge on any atom is 0.322 e. The Balaban J connectivity index is 2.95. The highest BCUT2D eigenvalue weighted by atomic mass is 16.4. The number of rotatable bonds is 3. The molecule has 0 heterocycles. The van der Waals surface area contributed by atoms with E-state index in [-0.39, 0.29) is 0 Å². The third-order valence-corrected chi connectivity index (χ3v) is 1.98. The van der Waals surface area contributed by atoms with Crippen molar-refractivity contribution in [3.63, 3.8) is 0 Å². The minimum atomic E-state index is -1.09. The van der Waals surface area contributed by atoms with E-state index in [1.54, 1.807) is 24.3 Å². The summed E-state index contributed by atoms with van der Waals surface area (Å²) in [5, 5.41) is 8.72. The molecule has 0 aromatic heterocycles. The highest BCUT2D eigenvalue weighted by Gasteiger charge is 2.23. The number of nitrogens with two attached hydrogens (primary N) is 1. The number of hydrogen-bond donors (Lipinski definition) is 2. The quantitative estimate of drug-likeness (QED) is 0.692. The van der Waals surface area contributed by atoms with Gasteiger partial charge in [-0.05, 0) is 5.56 Å². The van der Waals surface area contributed by atoms with Crippen molar-refractivity contribution in [2.45, 2.75) is 12.0 Å². The molecule has 0 amide bonds. The van der Waals surface area contributed by atoms with Crippen LogP contribution in [0.25, 0.3) is 0 Å². The number of terminal acetylenes is 1. The minimum Gasteiger partial charge on any atom is -0.480 e. The smallest absolute Gasteiger partial charge is 0.322 e. The van der Waals surface area contributed by atoms with E-state index in [9.17, 15) is 4.79 Å². The van der Waals surface area contributed by atoms with Crippen molar-refractivity contribution in [3.05, 3.63) is 35.9 Å². The van der Waals surface area contributed by atoms with Crippen LogP contribution in [0.5, 0.6) is 0 Å². The topological polar surface area (TPSA) is 63.3 Å². The average Bonchev–Trinajstić information content (AvgIpc) is 2.20. The zero-order valence-corrected chi connectivity index (χ0v) is 7.55. The molecule has 3 heteroatoms. The molecular weight excluding hydrogens is 178 g/mol. The zero-order valence-electron chi connectivity index (χ0n) is 7.55. The van der Waals surface area contributed by atoms with Crippen molar-refractivity contribution in [2.75, 3.05) is 0 Å². The number of hydrogen-bond acceptors (Lipinski definition) is 2. The van der Waals surface area contributed by atoms with Crippen LogP contribution >= 0.6 is 0 Å². The lowest BCUT2D eigenvalue weighted by molar-refractivity contribution is -0.138. The van der Waals surface area contributed by atoms with Crippen LogP contribution in [-0.2, 0) is 4.79 Å². The van der Waals surface area contributed by atoms with Crippen molar-refractivity contribution < 1.29 is 9.90 Å². The Morgan fingerprint density at radius 1 is 1.43 bits per heavy atom. The molecule has 1 rings (SSSR count). The van der Waals surface area contributed by atoms with Crippen molar-refractivity contribution >= 4 is 5.97 Å². The fourth-order valence-electron chi connectivity index (χ4n) is 1.21. The van der Waals surface area contributed by atoms with Crippen LogP contribution in [0.4, 0.5) is 0 Å². The minimum absolute atomic E-state index is 0.575. The first-order chi connectivity index (χ1) is 6.66. The predicted octanol–water partition coefficient (Wildman–Crippen LogP) is 0.815. The van der Waals surface area contributed by atoms with Crippen molar-refractivity contribution in [3.8, 4) is 12.3 Å². The summed E-state index contributed by atoms with van der Waals surface area (Å²) in [6, 6.07) is 7.93. The molecule has 3 nitrogen and oxygen atoms in total. The Kier molecular flexibility index (Phi) is 3.27. The van der Waals surface area contributed by atoms with Gasteiger partial charge in [0.15, 0.2) is 0 Å². The average molecular weight is 189 g/mol. The molecule has 0 saturated heterocycles. The van der Waals surface area contributed by atoms with Gasteiger partial charge >= 0.3 is 5.97 Å². The second-order valence-corrected chi connectivity index (χ2v) is 2.92. The molecule has 0 spiro atoms. The fourth-order valence-corrected chi connectivity index (χ4v) is 1.21. The summed E-state index contributed by atoms with van der Waals surface area (Å²) in [5.41, 5.74) is 6.22. The lowest BCUT2D eigenvalue weighted by Gasteiger charge is -2.14. The van der Waals surface area contributed by atoms with Crippen LogP contribution in [0.15, 0.2) is 30.3 Å². The van der Waals surface area contributed by atoms with E-state index in [4.69, 9.17) is 17.3 Å². The molecular formula is C11H11NO2. The Hall–Kier alpha value is -1.79. The number of benzene rings is 1. The van der Waals surface area contributed by atoms with Crippen LogP contribution in [0.1, 0.15) is 11.5 Å². The largest absolute Gasteiger partial charge is 0.480 e. The Morgan fingerprint density at radius 3 is 2.43 bits per heavy atom. The molecule has 0 aliphatic carbocycles. The van der Waals surface area contributed by atoms with Crippen LogP contribution < -0.4 is 5.73 Å². The molecule has 0 bridgehead atoms. The van der Waals surface area contributed by atoms with Crippen LogP contribution in [0.2, 0.25) is 0 Å². The van der Waals surface area contributed by atoms with Crippen LogP contribution in [0.3, 0.4) is 0 Å². The van der Waals surface area contributed by atoms with Gasteiger partial charge < -0.3 is 10.8 Å². The number of aliphatic carboxylic acids is 1. The van der Waals surface area contributed by atoms with Crippen LogP contribution in [-0.4, -0.2) is 17.1 Å². The maximum absolute atomic E-state index is 10.7. The van der Waals surface area contributed by atoms with Crippen molar-refractivity contribution in [1.82, 2.24) is 0 Å². The summed E-state index contributed by atoms with van der Waals surface area (Å²) in [6.07, 6.45) is 5.25.